The molecule has 0 saturated heterocycles. The summed E-state index contributed by atoms with van der Waals surface area (Å²) in [5.74, 6) is 3.38. The minimum absolute atomic E-state index is 0.666. The Kier molecular flexibility index (Phi) is 8.66. The quantitative estimate of drug-likeness (QED) is 0.421. The van der Waals surface area contributed by atoms with Gasteiger partial charge in [0, 0.05) is 6.08 Å². The van der Waals surface area contributed by atoms with Crippen LogP contribution in [0.25, 0.3) is 0 Å². The molecule has 0 aliphatic heterocycles. The fourth-order valence-electron chi connectivity index (χ4n) is 5.44. The molecule has 28 heavy (non-hydrogen) atoms. The van der Waals surface area contributed by atoms with Crippen molar-refractivity contribution in [1.82, 2.24) is 0 Å². The molecule has 0 aromatic heterocycles. The van der Waals surface area contributed by atoms with Crippen LogP contribution in [0, 0.1) is 29.1 Å². The Hall–Kier alpha value is -1.55. The van der Waals surface area contributed by atoms with Gasteiger partial charge in [-0.25, -0.2) is 0 Å². The van der Waals surface area contributed by atoms with E-state index in [2.05, 4.69) is 43.3 Å². The maximum absolute atomic E-state index is 8.68. The van der Waals surface area contributed by atoms with Gasteiger partial charge in [0.15, 0.2) is 0 Å². The molecule has 0 unspecified atom stereocenters. The molecular formula is C27H39N. The van der Waals surface area contributed by atoms with E-state index in [-0.39, 0.29) is 0 Å². The van der Waals surface area contributed by atoms with Gasteiger partial charge in [0.25, 0.3) is 0 Å². The molecule has 2 aliphatic carbocycles. The third kappa shape index (κ3) is 6.51. The smallest absolute Gasteiger partial charge is 0.0908 e. The van der Waals surface area contributed by atoms with Crippen LogP contribution in [0.3, 0.4) is 0 Å². The van der Waals surface area contributed by atoms with Crippen molar-refractivity contribution in [3.05, 3.63) is 47.5 Å². The predicted molar refractivity (Wildman–Crippen MR) is 119 cm³/mol. The highest BCUT2D eigenvalue weighted by Crippen LogP contribution is 2.40. The third-order valence-corrected chi connectivity index (χ3v) is 7.43. The molecule has 2 fully saturated rings. The number of unbranched alkanes of at least 4 members (excludes halogenated alkanes) is 1. The van der Waals surface area contributed by atoms with Crippen molar-refractivity contribution in [2.75, 3.05) is 0 Å². The average molecular weight is 378 g/mol. The molecule has 1 nitrogen and oxygen atoms in total. The molecule has 0 bridgehead atoms. The molecule has 0 heterocycles. The van der Waals surface area contributed by atoms with Crippen LogP contribution in [0.2, 0.25) is 0 Å². The van der Waals surface area contributed by atoms with Crippen molar-refractivity contribution in [3.8, 4) is 6.07 Å². The molecule has 3 rings (SSSR count). The second-order valence-electron chi connectivity index (χ2n) is 9.41. The van der Waals surface area contributed by atoms with Gasteiger partial charge in [0.1, 0.15) is 0 Å². The van der Waals surface area contributed by atoms with E-state index >= 15 is 0 Å². The van der Waals surface area contributed by atoms with Crippen LogP contribution in [0.5, 0.6) is 0 Å². The SMILES string of the molecule is CCCCc1ccc([C@H]2CC[C@H](CC[C@H]3CC[C@H](C=CC#N)CC3)CC2)cc1. The lowest BCUT2D eigenvalue weighted by Crippen LogP contribution is -2.17. The molecule has 0 N–H and O–H groups in total. The summed E-state index contributed by atoms with van der Waals surface area (Å²) in [7, 11) is 0. The minimum Gasteiger partial charge on any atom is -0.193 e. The van der Waals surface area contributed by atoms with Crippen LogP contribution < -0.4 is 0 Å². The van der Waals surface area contributed by atoms with Gasteiger partial charge in [-0.3, -0.25) is 0 Å². The molecule has 1 heteroatoms. The topological polar surface area (TPSA) is 23.8 Å². The van der Waals surface area contributed by atoms with Gasteiger partial charge < -0.3 is 0 Å². The van der Waals surface area contributed by atoms with E-state index in [4.69, 9.17) is 5.26 Å². The van der Waals surface area contributed by atoms with E-state index < -0.39 is 0 Å². The predicted octanol–water partition coefficient (Wildman–Crippen LogP) is 7.97. The fourth-order valence-corrected chi connectivity index (χ4v) is 5.44. The number of rotatable bonds is 8. The second kappa shape index (κ2) is 11.5. The number of nitrogens with zero attached hydrogens (tertiary/aromatic N) is 1. The summed E-state index contributed by atoms with van der Waals surface area (Å²) in [5, 5.41) is 8.68. The highest BCUT2D eigenvalue weighted by Gasteiger charge is 2.24. The first-order valence-corrected chi connectivity index (χ1v) is 11.9. The Balaban J connectivity index is 1.34. The highest BCUT2D eigenvalue weighted by molar-refractivity contribution is 5.26. The molecule has 1 aromatic carbocycles. The van der Waals surface area contributed by atoms with Crippen molar-refractivity contribution in [1.29, 1.82) is 5.26 Å². The minimum atomic E-state index is 0.666. The second-order valence-corrected chi connectivity index (χ2v) is 9.41. The molecule has 2 aliphatic rings. The van der Waals surface area contributed by atoms with E-state index in [1.165, 1.54) is 89.0 Å². The molecule has 2 saturated carbocycles. The number of nitriles is 1. The Labute approximate surface area is 173 Å². The first-order valence-electron chi connectivity index (χ1n) is 11.9. The normalized spacial score (nSPS) is 28.3. The van der Waals surface area contributed by atoms with Gasteiger partial charge in [0.05, 0.1) is 6.07 Å². The summed E-state index contributed by atoms with van der Waals surface area (Å²) < 4.78 is 0. The van der Waals surface area contributed by atoms with Gasteiger partial charge in [-0.2, -0.15) is 5.26 Å². The van der Waals surface area contributed by atoms with Gasteiger partial charge in [0.2, 0.25) is 0 Å². The van der Waals surface area contributed by atoms with Crippen molar-refractivity contribution in [2.24, 2.45) is 17.8 Å². The third-order valence-electron chi connectivity index (χ3n) is 7.43. The lowest BCUT2D eigenvalue weighted by molar-refractivity contribution is 0.246. The molecule has 0 spiro atoms. The number of aryl methyl sites for hydroxylation is 1. The van der Waals surface area contributed by atoms with Crippen molar-refractivity contribution >= 4 is 0 Å². The lowest BCUT2D eigenvalue weighted by atomic mass is 9.74. The maximum Gasteiger partial charge on any atom is 0.0908 e. The van der Waals surface area contributed by atoms with Crippen molar-refractivity contribution < 1.29 is 0 Å². The Morgan fingerprint density at radius 1 is 0.893 bits per heavy atom. The molecule has 152 valence electrons. The summed E-state index contributed by atoms with van der Waals surface area (Å²) in [4.78, 5) is 0. The van der Waals surface area contributed by atoms with Gasteiger partial charge >= 0.3 is 0 Å². The summed E-state index contributed by atoms with van der Waals surface area (Å²) in [6.45, 7) is 2.27. The van der Waals surface area contributed by atoms with Crippen LogP contribution in [0.4, 0.5) is 0 Å². The van der Waals surface area contributed by atoms with E-state index in [1.54, 1.807) is 11.6 Å². The first-order chi connectivity index (χ1) is 13.8. The van der Waals surface area contributed by atoms with Crippen LogP contribution in [0.15, 0.2) is 36.4 Å². The van der Waals surface area contributed by atoms with E-state index in [0.717, 1.165) is 17.8 Å². The fraction of sp³-hybridized carbons (Fsp3) is 0.667. The summed E-state index contributed by atoms with van der Waals surface area (Å²) in [5.41, 5.74) is 3.10. The van der Waals surface area contributed by atoms with E-state index in [9.17, 15) is 0 Å². The molecule has 1 aromatic rings. The number of hydrogen-bond acceptors (Lipinski definition) is 1. The molecular weight excluding hydrogens is 338 g/mol. The van der Waals surface area contributed by atoms with Crippen molar-refractivity contribution in [2.45, 2.75) is 96.3 Å². The van der Waals surface area contributed by atoms with Gasteiger partial charge in [-0.1, -0.05) is 56.5 Å². The Morgan fingerprint density at radius 3 is 2.07 bits per heavy atom. The Morgan fingerprint density at radius 2 is 1.50 bits per heavy atom. The number of allylic oxidation sites excluding steroid dienone is 2. The number of benzene rings is 1. The van der Waals surface area contributed by atoms with E-state index in [1.807, 2.05) is 0 Å². The van der Waals surface area contributed by atoms with E-state index in [0.29, 0.717) is 5.92 Å². The molecule has 0 atom stereocenters. The zero-order valence-corrected chi connectivity index (χ0v) is 17.9. The summed E-state index contributed by atoms with van der Waals surface area (Å²) in [6, 6.07) is 11.7. The molecule has 0 radical (unpaired) electrons. The van der Waals surface area contributed by atoms with Crippen LogP contribution in [-0.4, -0.2) is 0 Å². The van der Waals surface area contributed by atoms with Crippen LogP contribution in [0.1, 0.15) is 101 Å². The zero-order valence-electron chi connectivity index (χ0n) is 17.9. The van der Waals surface area contributed by atoms with Gasteiger partial charge in [-0.15, -0.1) is 0 Å². The Bertz CT molecular complexity index is 619. The highest BCUT2D eigenvalue weighted by atomic mass is 14.3. The van der Waals surface area contributed by atoms with Crippen molar-refractivity contribution in [3.63, 3.8) is 0 Å². The summed E-state index contributed by atoms with van der Waals surface area (Å²) in [6.07, 6.45) is 21.5. The zero-order chi connectivity index (χ0) is 19.6. The maximum atomic E-state index is 8.68. The first kappa shape index (κ1) is 21.2. The lowest BCUT2D eigenvalue weighted by Gasteiger charge is -2.31. The van der Waals surface area contributed by atoms with Crippen LogP contribution >= 0.6 is 0 Å². The number of hydrogen-bond donors (Lipinski definition) is 0. The van der Waals surface area contributed by atoms with Crippen LogP contribution in [-0.2, 0) is 6.42 Å². The monoisotopic (exact) mass is 377 g/mol. The molecule has 0 amide bonds. The average Bonchev–Trinajstić information content (AvgIpc) is 2.76. The van der Waals surface area contributed by atoms with Gasteiger partial charge in [-0.05, 0) is 99.0 Å². The largest absolute Gasteiger partial charge is 0.193 e. The standard InChI is InChI=1S/C27H39N/c1-2-3-5-22-13-17-26(18-14-22)27-19-15-25(16-20-27)12-11-24-9-7-23(8-10-24)6-4-21-28/h4,6,13-14,17-18,23-25,27H,2-3,5,7-12,15-16,19-20H2,1H3/t23-,24-,25-,27-. The summed E-state index contributed by atoms with van der Waals surface area (Å²) >= 11 is 0.